The molecule has 0 unspecified atom stereocenters. The first-order valence-corrected chi connectivity index (χ1v) is 10.9. The molecule has 2 heterocycles. The zero-order valence-corrected chi connectivity index (χ0v) is 18.3. The number of nitrogens with zero attached hydrogens (tertiary/aromatic N) is 2. The van der Waals surface area contributed by atoms with E-state index >= 15 is 0 Å². The second kappa shape index (κ2) is 8.33. The summed E-state index contributed by atoms with van der Waals surface area (Å²) in [4.78, 5) is 28.6. The van der Waals surface area contributed by atoms with E-state index in [1.807, 2.05) is 42.5 Å². The van der Waals surface area contributed by atoms with Gasteiger partial charge in [0.15, 0.2) is 5.76 Å². The number of furan rings is 1. The lowest BCUT2D eigenvalue weighted by Gasteiger charge is -2.08. The van der Waals surface area contributed by atoms with E-state index in [0.717, 1.165) is 26.4 Å². The Balaban J connectivity index is 1.44. The molecule has 0 spiro atoms. The van der Waals surface area contributed by atoms with Crippen molar-refractivity contribution in [2.45, 2.75) is 6.92 Å². The van der Waals surface area contributed by atoms with Gasteiger partial charge in [-0.2, -0.15) is 0 Å². The van der Waals surface area contributed by atoms with Gasteiger partial charge in [-0.1, -0.05) is 30.3 Å². The van der Waals surface area contributed by atoms with E-state index in [9.17, 15) is 14.9 Å². The molecular weight excluding hydrogens is 438 g/mol. The summed E-state index contributed by atoms with van der Waals surface area (Å²) in [5.74, 6) is -0.144. The molecule has 162 valence electrons. The maximum atomic E-state index is 12.9. The smallest absolute Gasteiger partial charge is 0.291 e. The van der Waals surface area contributed by atoms with Gasteiger partial charge in [0.2, 0.25) is 0 Å². The molecule has 2 aromatic heterocycles. The second-order valence-corrected chi connectivity index (χ2v) is 8.46. The second-order valence-electron chi connectivity index (χ2n) is 7.43. The number of anilines is 1. The summed E-state index contributed by atoms with van der Waals surface area (Å²) in [6.07, 6.45) is 0. The van der Waals surface area contributed by atoms with E-state index < -0.39 is 10.8 Å². The number of aromatic nitrogens is 1. The fraction of sp³-hybridized carbons (Fsp3) is 0.0400. The first kappa shape index (κ1) is 20.6. The Morgan fingerprint density at radius 2 is 1.79 bits per heavy atom. The molecule has 8 heteroatoms. The van der Waals surface area contributed by atoms with Crippen molar-refractivity contribution in [2.24, 2.45) is 0 Å². The standard InChI is InChI=1S/C25H17N3O4S/c1-15-10-11-17(20(14-15)28(30)31)21-12-13-22(32-21)24(29)26-18-7-3-2-6-16(18)25-27-19-8-4-5-9-23(19)33-25/h2-14H,1H3,(H,26,29). The highest BCUT2D eigenvalue weighted by molar-refractivity contribution is 7.21. The number of aryl methyl sites for hydroxylation is 1. The lowest BCUT2D eigenvalue weighted by molar-refractivity contribution is -0.384. The van der Waals surface area contributed by atoms with Crippen molar-refractivity contribution in [3.05, 3.63) is 100 Å². The maximum absolute atomic E-state index is 12.9. The number of nitrogens with one attached hydrogen (secondary N) is 1. The zero-order chi connectivity index (χ0) is 22.9. The predicted molar refractivity (Wildman–Crippen MR) is 129 cm³/mol. The summed E-state index contributed by atoms with van der Waals surface area (Å²) in [5.41, 5.74) is 3.31. The highest BCUT2D eigenvalue weighted by atomic mass is 32.1. The Labute approximate surface area is 192 Å². The van der Waals surface area contributed by atoms with Gasteiger partial charge in [-0.15, -0.1) is 11.3 Å². The average Bonchev–Trinajstić information content (AvgIpc) is 3.47. The van der Waals surface area contributed by atoms with Gasteiger partial charge in [-0.3, -0.25) is 14.9 Å². The largest absolute Gasteiger partial charge is 0.451 e. The number of carbonyl (C=O) groups is 1. The Morgan fingerprint density at radius 1 is 1.00 bits per heavy atom. The first-order valence-electron chi connectivity index (χ1n) is 10.1. The third-order valence-corrected chi connectivity index (χ3v) is 6.21. The molecule has 0 aliphatic carbocycles. The van der Waals surface area contributed by atoms with Crippen molar-refractivity contribution in [1.29, 1.82) is 0 Å². The maximum Gasteiger partial charge on any atom is 0.291 e. The van der Waals surface area contributed by atoms with Crippen LogP contribution in [0.1, 0.15) is 16.1 Å². The van der Waals surface area contributed by atoms with Crippen LogP contribution in [0.15, 0.2) is 83.3 Å². The van der Waals surface area contributed by atoms with Gasteiger partial charge in [-0.05, 0) is 55.0 Å². The number of benzene rings is 3. The topological polar surface area (TPSA) is 98.3 Å². The molecule has 1 N–H and O–H groups in total. The molecule has 0 fully saturated rings. The number of rotatable bonds is 5. The monoisotopic (exact) mass is 455 g/mol. The Bertz CT molecular complexity index is 1490. The van der Waals surface area contributed by atoms with Crippen LogP contribution in [0.3, 0.4) is 0 Å². The first-order chi connectivity index (χ1) is 16.0. The number of nitro groups is 1. The Morgan fingerprint density at radius 3 is 2.61 bits per heavy atom. The molecule has 0 saturated carbocycles. The van der Waals surface area contributed by atoms with Crippen molar-refractivity contribution < 1.29 is 14.1 Å². The summed E-state index contributed by atoms with van der Waals surface area (Å²) in [6, 6.07) is 23.2. The number of amides is 1. The molecular formula is C25H17N3O4S. The van der Waals surface area contributed by atoms with Crippen molar-refractivity contribution >= 4 is 38.8 Å². The Kier molecular flexibility index (Phi) is 5.20. The van der Waals surface area contributed by atoms with Crippen LogP contribution in [0.4, 0.5) is 11.4 Å². The van der Waals surface area contributed by atoms with Gasteiger partial charge in [0.1, 0.15) is 10.8 Å². The average molecular weight is 455 g/mol. The number of hydrogen-bond acceptors (Lipinski definition) is 6. The molecule has 0 aliphatic heterocycles. The van der Waals surface area contributed by atoms with Crippen LogP contribution in [-0.2, 0) is 0 Å². The molecule has 5 rings (SSSR count). The van der Waals surface area contributed by atoms with Crippen molar-refractivity contribution in [2.75, 3.05) is 5.32 Å². The molecule has 0 radical (unpaired) electrons. The van der Waals surface area contributed by atoms with Gasteiger partial charge >= 0.3 is 0 Å². The van der Waals surface area contributed by atoms with Crippen LogP contribution in [0.2, 0.25) is 0 Å². The van der Waals surface area contributed by atoms with E-state index in [2.05, 4.69) is 10.3 Å². The van der Waals surface area contributed by atoms with Crippen LogP contribution in [0, 0.1) is 17.0 Å². The summed E-state index contributed by atoms with van der Waals surface area (Å²) in [6.45, 7) is 1.78. The molecule has 0 saturated heterocycles. The SMILES string of the molecule is Cc1ccc(-c2ccc(C(=O)Nc3ccccc3-c3nc4ccccc4s3)o2)c([N+](=O)[O-])c1. The molecule has 1 amide bonds. The minimum absolute atomic E-state index is 0.0546. The number of hydrogen-bond donors (Lipinski definition) is 1. The van der Waals surface area contributed by atoms with E-state index in [1.54, 1.807) is 42.5 Å². The molecule has 0 atom stereocenters. The summed E-state index contributed by atoms with van der Waals surface area (Å²) in [7, 11) is 0. The zero-order valence-electron chi connectivity index (χ0n) is 17.4. The van der Waals surface area contributed by atoms with Crippen LogP contribution in [0.25, 0.3) is 32.1 Å². The van der Waals surface area contributed by atoms with Gasteiger partial charge in [0.05, 0.1) is 26.4 Å². The van der Waals surface area contributed by atoms with Gasteiger partial charge in [0.25, 0.3) is 11.6 Å². The fourth-order valence-corrected chi connectivity index (χ4v) is 4.56. The van der Waals surface area contributed by atoms with Gasteiger partial charge < -0.3 is 9.73 Å². The van der Waals surface area contributed by atoms with E-state index in [4.69, 9.17) is 4.42 Å². The summed E-state index contributed by atoms with van der Waals surface area (Å²) >= 11 is 1.54. The quantitative estimate of drug-likeness (QED) is 0.235. The number of thiazole rings is 1. The predicted octanol–water partition coefficient (Wildman–Crippen LogP) is 6.69. The lowest BCUT2D eigenvalue weighted by atomic mass is 10.1. The summed E-state index contributed by atoms with van der Waals surface area (Å²) < 4.78 is 6.76. The van der Waals surface area contributed by atoms with Crippen molar-refractivity contribution in [3.8, 4) is 21.9 Å². The Hall–Kier alpha value is -4.30. The third-order valence-electron chi connectivity index (χ3n) is 5.14. The molecule has 3 aromatic carbocycles. The van der Waals surface area contributed by atoms with E-state index in [1.165, 1.54) is 12.1 Å². The van der Waals surface area contributed by atoms with Crippen LogP contribution in [0.5, 0.6) is 0 Å². The van der Waals surface area contributed by atoms with Crippen molar-refractivity contribution in [1.82, 2.24) is 4.98 Å². The highest BCUT2D eigenvalue weighted by Crippen LogP contribution is 2.35. The minimum Gasteiger partial charge on any atom is -0.451 e. The van der Waals surface area contributed by atoms with Gasteiger partial charge in [0, 0.05) is 11.6 Å². The number of para-hydroxylation sites is 2. The molecule has 7 nitrogen and oxygen atoms in total. The molecule has 33 heavy (non-hydrogen) atoms. The third kappa shape index (κ3) is 3.99. The number of nitro benzene ring substituents is 1. The van der Waals surface area contributed by atoms with E-state index in [0.29, 0.717) is 11.3 Å². The van der Waals surface area contributed by atoms with Gasteiger partial charge in [-0.25, -0.2) is 4.98 Å². The van der Waals surface area contributed by atoms with Crippen LogP contribution < -0.4 is 5.32 Å². The normalized spacial score (nSPS) is 10.9. The lowest BCUT2D eigenvalue weighted by Crippen LogP contribution is -2.11. The van der Waals surface area contributed by atoms with Crippen LogP contribution in [-0.4, -0.2) is 15.8 Å². The molecule has 0 bridgehead atoms. The fourth-order valence-electron chi connectivity index (χ4n) is 3.56. The van der Waals surface area contributed by atoms with Crippen molar-refractivity contribution in [3.63, 3.8) is 0 Å². The molecule has 0 aliphatic rings. The van der Waals surface area contributed by atoms with E-state index in [-0.39, 0.29) is 17.2 Å². The minimum atomic E-state index is -0.459. The highest BCUT2D eigenvalue weighted by Gasteiger charge is 2.21. The molecule has 5 aromatic rings. The van der Waals surface area contributed by atoms with Crippen LogP contribution >= 0.6 is 11.3 Å². The summed E-state index contributed by atoms with van der Waals surface area (Å²) in [5, 5.41) is 15.1. The number of fused-ring (bicyclic) bond motifs is 1. The number of carbonyl (C=O) groups excluding carboxylic acids is 1.